The van der Waals surface area contributed by atoms with Gasteiger partial charge in [-0.3, -0.25) is 0 Å². The lowest BCUT2D eigenvalue weighted by Crippen LogP contribution is -2.13. The molecule has 0 unspecified atom stereocenters. The lowest BCUT2D eigenvalue weighted by Gasteiger charge is -2.12. The topological polar surface area (TPSA) is 134 Å². The number of ether oxygens (including phenoxy) is 1. The van der Waals surface area contributed by atoms with E-state index in [1.807, 2.05) is 19.9 Å². The quantitative estimate of drug-likeness (QED) is 0.408. The maximum Gasteiger partial charge on any atom is 0.342 e. The van der Waals surface area contributed by atoms with Crippen LogP contribution in [-0.2, 0) is 11.3 Å². The molecule has 0 bridgehead atoms. The molecule has 168 valence electrons. The molecule has 0 atom stereocenters. The maximum atomic E-state index is 13.1. The molecule has 0 spiro atoms. The number of hydrogen-bond donors (Lipinski definition) is 2. The number of carbonyl (C=O) groups is 1. The third-order valence-electron chi connectivity index (χ3n) is 4.57. The van der Waals surface area contributed by atoms with Crippen molar-refractivity contribution in [2.24, 2.45) is 0 Å². The van der Waals surface area contributed by atoms with Crippen LogP contribution in [0.3, 0.4) is 0 Å². The van der Waals surface area contributed by atoms with Crippen LogP contribution in [0.15, 0.2) is 54.9 Å². The Morgan fingerprint density at radius 2 is 1.94 bits per heavy atom. The van der Waals surface area contributed by atoms with Crippen LogP contribution in [0.2, 0.25) is 0 Å². The standard InChI is InChI=1S/C22H21FN8O2/c1-13(2)19-16(11-26-31(19)18-5-3-4-10-25-18)20(32)33-12-17-28-21(24)30-22(29-17)27-15-8-6-14(23)7-9-15/h3-11,13H,12H2,1-2H3,(H3,24,27,28,29,30). The summed E-state index contributed by atoms with van der Waals surface area (Å²) in [5.74, 6) is -0.108. The molecule has 10 nitrogen and oxygen atoms in total. The summed E-state index contributed by atoms with van der Waals surface area (Å²) in [6, 6.07) is 11.1. The van der Waals surface area contributed by atoms with Crippen LogP contribution in [0, 0.1) is 5.82 Å². The SMILES string of the molecule is CC(C)c1c(C(=O)OCc2nc(N)nc(Nc3ccc(F)cc3)n2)cnn1-c1ccccn1. The smallest absolute Gasteiger partial charge is 0.342 e. The third-order valence-corrected chi connectivity index (χ3v) is 4.57. The molecule has 0 saturated heterocycles. The molecule has 0 saturated carbocycles. The number of benzene rings is 1. The molecule has 3 N–H and O–H groups in total. The second kappa shape index (κ2) is 9.39. The average molecular weight is 448 g/mol. The van der Waals surface area contributed by atoms with E-state index >= 15 is 0 Å². The Labute approximate surface area is 188 Å². The zero-order chi connectivity index (χ0) is 23.4. The first-order valence-corrected chi connectivity index (χ1v) is 10.1. The number of aromatic nitrogens is 6. The van der Waals surface area contributed by atoms with Gasteiger partial charge in [0, 0.05) is 11.9 Å². The van der Waals surface area contributed by atoms with Crippen molar-refractivity contribution < 1.29 is 13.9 Å². The number of pyridine rings is 1. The minimum atomic E-state index is -0.576. The number of carbonyl (C=O) groups excluding carboxylic acids is 1. The summed E-state index contributed by atoms with van der Waals surface area (Å²) in [4.78, 5) is 29.4. The summed E-state index contributed by atoms with van der Waals surface area (Å²) in [6.45, 7) is 3.68. The molecular formula is C22H21FN8O2. The predicted octanol–water partition coefficient (Wildman–Crippen LogP) is 3.40. The van der Waals surface area contributed by atoms with Gasteiger partial charge in [0.15, 0.2) is 18.2 Å². The summed E-state index contributed by atoms with van der Waals surface area (Å²) >= 11 is 0. The van der Waals surface area contributed by atoms with Gasteiger partial charge in [0.1, 0.15) is 11.4 Å². The van der Waals surface area contributed by atoms with Gasteiger partial charge in [-0.1, -0.05) is 19.9 Å². The second-order valence-corrected chi connectivity index (χ2v) is 7.34. The molecule has 3 heterocycles. The fourth-order valence-electron chi connectivity index (χ4n) is 3.16. The summed E-state index contributed by atoms with van der Waals surface area (Å²) in [5, 5.41) is 7.23. The fourth-order valence-corrected chi connectivity index (χ4v) is 3.16. The van der Waals surface area contributed by atoms with Crippen molar-refractivity contribution >= 4 is 23.6 Å². The van der Waals surface area contributed by atoms with Crippen molar-refractivity contribution in [1.29, 1.82) is 0 Å². The van der Waals surface area contributed by atoms with Gasteiger partial charge in [-0.15, -0.1) is 0 Å². The average Bonchev–Trinajstić information content (AvgIpc) is 3.25. The van der Waals surface area contributed by atoms with Crippen molar-refractivity contribution in [2.45, 2.75) is 26.4 Å². The van der Waals surface area contributed by atoms with Crippen LogP contribution in [0.5, 0.6) is 0 Å². The normalized spacial score (nSPS) is 10.9. The highest BCUT2D eigenvalue weighted by Gasteiger charge is 2.23. The molecule has 0 aliphatic heterocycles. The number of halogens is 1. The fraction of sp³-hybridized carbons (Fsp3) is 0.182. The molecule has 3 aromatic heterocycles. The summed E-state index contributed by atoms with van der Waals surface area (Å²) in [5.41, 5.74) is 7.32. The van der Waals surface area contributed by atoms with Gasteiger partial charge >= 0.3 is 5.97 Å². The lowest BCUT2D eigenvalue weighted by molar-refractivity contribution is 0.0460. The number of nitrogens with zero attached hydrogens (tertiary/aromatic N) is 6. The number of nitrogens with two attached hydrogens (primary N) is 1. The van der Waals surface area contributed by atoms with Crippen LogP contribution in [0.4, 0.5) is 22.0 Å². The number of rotatable bonds is 7. The van der Waals surface area contributed by atoms with Crippen LogP contribution >= 0.6 is 0 Å². The first-order chi connectivity index (χ1) is 15.9. The number of nitrogen functional groups attached to an aromatic ring is 1. The highest BCUT2D eigenvalue weighted by molar-refractivity contribution is 5.90. The van der Waals surface area contributed by atoms with Gasteiger partial charge in [-0.25, -0.2) is 18.9 Å². The molecule has 33 heavy (non-hydrogen) atoms. The van der Waals surface area contributed by atoms with E-state index in [4.69, 9.17) is 10.5 Å². The van der Waals surface area contributed by atoms with Crippen LogP contribution in [0.25, 0.3) is 5.82 Å². The summed E-state index contributed by atoms with van der Waals surface area (Å²) < 4.78 is 20.1. The van der Waals surface area contributed by atoms with Gasteiger partial charge < -0.3 is 15.8 Å². The van der Waals surface area contributed by atoms with E-state index in [2.05, 4.69) is 30.4 Å². The Morgan fingerprint density at radius 3 is 2.64 bits per heavy atom. The van der Waals surface area contributed by atoms with Gasteiger partial charge in [0.25, 0.3) is 0 Å². The van der Waals surface area contributed by atoms with E-state index in [0.29, 0.717) is 22.8 Å². The van der Waals surface area contributed by atoms with Gasteiger partial charge in [0.2, 0.25) is 11.9 Å². The van der Waals surface area contributed by atoms with Crippen LogP contribution < -0.4 is 11.1 Å². The van der Waals surface area contributed by atoms with Crippen molar-refractivity contribution in [3.05, 3.63) is 77.8 Å². The van der Waals surface area contributed by atoms with E-state index in [1.165, 1.54) is 30.5 Å². The highest BCUT2D eigenvalue weighted by atomic mass is 19.1. The van der Waals surface area contributed by atoms with Crippen molar-refractivity contribution in [1.82, 2.24) is 29.7 Å². The molecule has 0 aliphatic rings. The van der Waals surface area contributed by atoms with E-state index in [9.17, 15) is 9.18 Å². The molecule has 4 aromatic rings. The molecule has 0 aliphatic carbocycles. The minimum Gasteiger partial charge on any atom is -0.454 e. The molecule has 1 aromatic carbocycles. The van der Waals surface area contributed by atoms with Crippen molar-refractivity contribution in [3.63, 3.8) is 0 Å². The van der Waals surface area contributed by atoms with Gasteiger partial charge in [-0.2, -0.15) is 20.1 Å². The van der Waals surface area contributed by atoms with Crippen LogP contribution in [-0.4, -0.2) is 35.7 Å². The van der Waals surface area contributed by atoms with Crippen molar-refractivity contribution in [3.8, 4) is 5.82 Å². The van der Waals surface area contributed by atoms with E-state index in [0.717, 1.165) is 0 Å². The monoisotopic (exact) mass is 448 g/mol. The molecule has 0 amide bonds. The Kier molecular flexibility index (Phi) is 6.20. The number of anilines is 3. The molecular weight excluding hydrogens is 427 g/mol. The maximum absolute atomic E-state index is 13.1. The first-order valence-electron chi connectivity index (χ1n) is 10.1. The third kappa shape index (κ3) is 5.09. The number of hydrogen-bond acceptors (Lipinski definition) is 9. The van der Waals surface area contributed by atoms with Gasteiger partial charge in [0.05, 0.1) is 11.9 Å². The second-order valence-electron chi connectivity index (χ2n) is 7.34. The lowest BCUT2D eigenvalue weighted by atomic mass is 10.1. The Bertz CT molecular complexity index is 1260. The number of nitrogens with one attached hydrogen (secondary N) is 1. The summed E-state index contributed by atoms with van der Waals surface area (Å²) in [6.07, 6.45) is 3.11. The Hall–Kier alpha value is -4.41. The Morgan fingerprint density at radius 1 is 1.15 bits per heavy atom. The first kappa shape index (κ1) is 21.8. The molecule has 11 heteroatoms. The predicted molar refractivity (Wildman–Crippen MR) is 118 cm³/mol. The molecule has 4 rings (SSSR count). The zero-order valence-corrected chi connectivity index (χ0v) is 17.9. The zero-order valence-electron chi connectivity index (χ0n) is 17.9. The Balaban J connectivity index is 1.51. The molecule has 0 fully saturated rings. The van der Waals surface area contributed by atoms with E-state index in [-0.39, 0.29) is 36.1 Å². The number of esters is 1. The van der Waals surface area contributed by atoms with Gasteiger partial charge in [-0.05, 0) is 42.3 Å². The van der Waals surface area contributed by atoms with Crippen molar-refractivity contribution in [2.75, 3.05) is 11.1 Å². The summed E-state index contributed by atoms with van der Waals surface area (Å²) in [7, 11) is 0. The highest BCUT2D eigenvalue weighted by Crippen LogP contribution is 2.23. The van der Waals surface area contributed by atoms with E-state index in [1.54, 1.807) is 23.0 Å². The largest absolute Gasteiger partial charge is 0.454 e. The van der Waals surface area contributed by atoms with Crippen LogP contribution in [0.1, 0.15) is 41.6 Å². The van der Waals surface area contributed by atoms with E-state index < -0.39 is 5.97 Å². The minimum absolute atomic E-state index is 0.0172. The molecule has 0 radical (unpaired) electrons.